The van der Waals surface area contributed by atoms with Crippen molar-refractivity contribution >= 4 is 39.1 Å². The van der Waals surface area contributed by atoms with Gasteiger partial charge in [-0.05, 0) is 37.1 Å². The third kappa shape index (κ3) is 2.11. The van der Waals surface area contributed by atoms with Crippen LogP contribution in [0.2, 0.25) is 0 Å². The van der Waals surface area contributed by atoms with Crippen LogP contribution in [0.25, 0.3) is 0 Å². The van der Waals surface area contributed by atoms with Gasteiger partial charge in [-0.15, -0.1) is 11.6 Å². The van der Waals surface area contributed by atoms with E-state index in [1.54, 1.807) is 4.90 Å². The van der Waals surface area contributed by atoms with E-state index in [2.05, 4.69) is 15.9 Å². The standard InChI is InChI=1S/C12H13BrClNO/c1-7-3-10(4-8(2)12(7)13)15-6-9(14)5-11(15)16/h3-4,9H,5-6H2,1-2H3. The summed E-state index contributed by atoms with van der Waals surface area (Å²) in [5, 5.41) is -0.0586. The predicted molar refractivity (Wildman–Crippen MR) is 70.2 cm³/mol. The van der Waals surface area contributed by atoms with Gasteiger partial charge in [-0.2, -0.15) is 0 Å². The molecule has 2 nitrogen and oxygen atoms in total. The first-order valence-electron chi connectivity index (χ1n) is 5.20. The van der Waals surface area contributed by atoms with E-state index >= 15 is 0 Å². The quantitative estimate of drug-likeness (QED) is 0.728. The Labute approximate surface area is 109 Å². The lowest BCUT2D eigenvalue weighted by Crippen LogP contribution is -2.24. The third-order valence-electron chi connectivity index (χ3n) is 2.81. The summed E-state index contributed by atoms with van der Waals surface area (Å²) in [7, 11) is 0. The number of amides is 1. The van der Waals surface area contributed by atoms with Crippen molar-refractivity contribution in [2.75, 3.05) is 11.4 Å². The Morgan fingerprint density at radius 3 is 2.38 bits per heavy atom. The summed E-state index contributed by atoms with van der Waals surface area (Å²) >= 11 is 9.51. The molecule has 1 aromatic carbocycles. The molecular formula is C12H13BrClNO. The zero-order valence-electron chi connectivity index (χ0n) is 9.26. The number of halogens is 2. The molecular weight excluding hydrogens is 289 g/mol. The molecule has 2 rings (SSSR count). The number of aryl methyl sites for hydroxylation is 2. The van der Waals surface area contributed by atoms with Gasteiger partial charge >= 0.3 is 0 Å². The highest BCUT2D eigenvalue weighted by atomic mass is 79.9. The lowest BCUT2D eigenvalue weighted by Gasteiger charge is -2.18. The fourth-order valence-electron chi connectivity index (χ4n) is 1.99. The summed E-state index contributed by atoms with van der Waals surface area (Å²) in [5.41, 5.74) is 3.23. The van der Waals surface area contributed by atoms with Crippen LogP contribution in [0.5, 0.6) is 0 Å². The van der Waals surface area contributed by atoms with Crippen LogP contribution in [0.1, 0.15) is 17.5 Å². The first-order chi connectivity index (χ1) is 7.49. The Bertz CT molecular complexity index is 424. The van der Waals surface area contributed by atoms with E-state index in [0.717, 1.165) is 21.3 Å². The largest absolute Gasteiger partial charge is 0.311 e. The molecule has 0 aromatic heterocycles. The van der Waals surface area contributed by atoms with Crippen LogP contribution in [0.3, 0.4) is 0 Å². The Morgan fingerprint density at radius 1 is 1.38 bits per heavy atom. The average molecular weight is 303 g/mol. The van der Waals surface area contributed by atoms with Crippen molar-refractivity contribution in [2.24, 2.45) is 0 Å². The number of carbonyl (C=O) groups is 1. The fourth-order valence-corrected chi connectivity index (χ4v) is 2.49. The summed E-state index contributed by atoms with van der Waals surface area (Å²) < 4.78 is 1.10. The summed E-state index contributed by atoms with van der Waals surface area (Å²) in [6, 6.07) is 4.04. The number of rotatable bonds is 1. The summed E-state index contributed by atoms with van der Waals surface area (Å²) in [6.45, 7) is 4.67. The van der Waals surface area contributed by atoms with E-state index in [1.165, 1.54) is 0 Å². The summed E-state index contributed by atoms with van der Waals surface area (Å²) in [5.74, 6) is 0.112. The van der Waals surface area contributed by atoms with Crippen molar-refractivity contribution in [2.45, 2.75) is 25.6 Å². The Morgan fingerprint density at radius 2 is 1.94 bits per heavy atom. The number of hydrogen-bond donors (Lipinski definition) is 0. The first-order valence-corrected chi connectivity index (χ1v) is 6.43. The van der Waals surface area contributed by atoms with Crippen LogP contribution >= 0.6 is 27.5 Å². The van der Waals surface area contributed by atoms with Crippen molar-refractivity contribution in [3.8, 4) is 0 Å². The molecule has 16 heavy (non-hydrogen) atoms. The van der Waals surface area contributed by atoms with Crippen LogP contribution in [0.15, 0.2) is 16.6 Å². The first kappa shape index (κ1) is 11.9. The molecule has 4 heteroatoms. The van der Waals surface area contributed by atoms with Gasteiger partial charge in [-0.1, -0.05) is 15.9 Å². The second-order valence-electron chi connectivity index (χ2n) is 4.20. The number of hydrogen-bond acceptors (Lipinski definition) is 1. The number of nitrogens with zero attached hydrogens (tertiary/aromatic N) is 1. The van der Waals surface area contributed by atoms with Crippen LogP contribution in [-0.4, -0.2) is 17.8 Å². The monoisotopic (exact) mass is 301 g/mol. The van der Waals surface area contributed by atoms with E-state index < -0.39 is 0 Å². The highest BCUT2D eigenvalue weighted by Crippen LogP contribution is 2.30. The fraction of sp³-hybridized carbons (Fsp3) is 0.417. The molecule has 1 unspecified atom stereocenters. The van der Waals surface area contributed by atoms with Gasteiger partial charge in [0, 0.05) is 23.1 Å². The predicted octanol–water partition coefficient (Wildman–Crippen LogP) is 3.41. The van der Waals surface area contributed by atoms with Crippen molar-refractivity contribution in [1.82, 2.24) is 0 Å². The normalized spacial score (nSPS) is 20.6. The zero-order chi connectivity index (χ0) is 11.9. The molecule has 0 aliphatic carbocycles. The van der Waals surface area contributed by atoms with Gasteiger partial charge < -0.3 is 4.90 Å². The maximum Gasteiger partial charge on any atom is 0.228 e. The molecule has 1 fully saturated rings. The van der Waals surface area contributed by atoms with E-state index in [-0.39, 0.29) is 11.3 Å². The van der Waals surface area contributed by atoms with Crippen LogP contribution in [-0.2, 0) is 4.79 Å². The van der Waals surface area contributed by atoms with Crippen LogP contribution in [0.4, 0.5) is 5.69 Å². The van der Waals surface area contributed by atoms with Gasteiger partial charge in [0.25, 0.3) is 0 Å². The molecule has 0 N–H and O–H groups in total. The van der Waals surface area contributed by atoms with Gasteiger partial charge in [-0.25, -0.2) is 0 Å². The topological polar surface area (TPSA) is 20.3 Å². The van der Waals surface area contributed by atoms with Crippen molar-refractivity contribution < 1.29 is 4.79 Å². The maximum absolute atomic E-state index is 11.7. The van der Waals surface area contributed by atoms with Gasteiger partial charge in [0.1, 0.15) is 0 Å². The van der Waals surface area contributed by atoms with E-state index in [0.29, 0.717) is 13.0 Å². The van der Waals surface area contributed by atoms with Crippen LogP contribution < -0.4 is 4.90 Å². The van der Waals surface area contributed by atoms with Crippen molar-refractivity contribution in [3.63, 3.8) is 0 Å². The van der Waals surface area contributed by atoms with Crippen molar-refractivity contribution in [1.29, 1.82) is 0 Å². The second kappa shape index (κ2) is 4.38. The molecule has 0 bridgehead atoms. The Kier molecular flexibility index (Phi) is 3.27. The average Bonchev–Trinajstić information content (AvgIpc) is 2.53. The number of alkyl halides is 1. The minimum atomic E-state index is -0.0586. The van der Waals surface area contributed by atoms with E-state index in [1.807, 2.05) is 26.0 Å². The molecule has 0 radical (unpaired) electrons. The zero-order valence-corrected chi connectivity index (χ0v) is 11.6. The highest BCUT2D eigenvalue weighted by molar-refractivity contribution is 9.10. The van der Waals surface area contributed by atoms with Gasteiger partial charge in [-0.3, -0.25) is 4.79 Å². The Balaban J connectivity index is 2.38. The molecule has 1 aromatic rings. The van der Waals surface area contributed by atoms with Crippen LogP contribution in [0, 0.1) is 13.8 Å². The number of carbonyl (C=O) groups excluding carboxylic acids is 1. The smallest absolute Gasteiger partial charge is 0.228 e. The molecule has 1 heterocycles. The van der Waals surface area contributed by atoms with Gasteiger partial charge in [0.15, 0.2) is 0 Å². The molecule has 86 valence electrons. The molecule has 1 aliphatic rings. The third-order valence-corrected chi connectivity index (χ3v) is 4.35. The molecule has 1 saturated heterocycles. The minimum absolute atomic E-state index is 0.0586. The maximum atomic E-state index is 11.7. The molecule has 1 atom stereocenters. The minimum Gasteiger partial charge on any atom is -0.311 e. The van der Waals surface area contributed by atoms with E-state index in [4.69, 9.17) is 11.6 Å². The summed E-state index contributed by atoms with van der Waals surface area (Å²) in [6.07, 6.45) is 0.440. The van der Waals surface area contributed by atoms with Gasteiger partial charge in [0.2, 0.25) is 5.91 Å². The molecule has 1 aliphatic heterocycles. The highest BCUT2D eigenvalue weighted by Gasteiger charge is 2.29. The molecule has 0 spiro atoms. The number of benzene rings is 1. The lowest BCUT2D eigenvalue weighted by molar-refractivity contribution is -0.117. The summed E-state index contributed by atoms with van der Waals surface area (Å²) in [4.78, 5) is 13.5. The SMILES string of the molecule is Cc1cc(N2CC(Cl)CC2=O)cc(C)c1Br. The lowest BCUT2D eigenvalue weighted by atomic mass is 10.1. The van der Waals surface area contributed by atoms with Gasteiger partial charge in [0.05, 0.1) is 5.38 Å². The molecule has 1 amide bonds. The van der Waals surface area contributed by atoms with Crippen molar-refractivity contribution in [3.05, 3.63) is 27.7 Å². The molecule has 0 saturated carbocycles. The second-order valence-corrected chi connectivity index (χ2v) is 5.61. The Hall–Kier alpha value is -0.540. The van der Waals surface area contributed by atoms with E-state index in [9.17, 15) is 4.79 Å². The number of anilines is 1.